The Morgan fingerprint density at radius 1 is 1.03 bits per heavy atom. The lowest BCUT2D eigenvalue weighted by molar-refractivity contribution is 0.0499. The molecule has 3 aromatic carbocycles. The number of hydrogen-bond donors (Lipinski definition) is 1. The molecule has 0 aliphatic heterocycles. The maximum Gasteiger partial charge on any atom is 0.338 e. The quantitative estimate of drug-likeness (QED) is 0.263. The largest absolute Gasteiger partial charge is 0.462 e. The van der Waals surface area contributed by atoms with Crippen molar-refractivity contribution in [2.24, 2.45) is 0 Å². The number of carbonyl (C=O) groups is 2. The maximum absolute atomic E-state index is 12.9. The summed E-state index contributed by atoms with van der Waals surface area (Å²) in [6.07, 6.45) is 1.80. The lowest BCUT2D eigenvalue weighted by Gasteiger charge is -2.06. The van der Waals surface area contributed by atoms with Crippen LogP contribution in [0.15, 0.2) is 60.7 Å². The Bertz CT molecular complexity index is 1230. The normalized spacial score (nSPS) is 11.0. The minimum Gasteiger partial charge on any atom is -0.462 e. The number of esters is 1. The fraction of sp³-hybridized carbons (Fsp3) is 0.167. The Morgan fingerprint density at radius 3 is 2.57 bits per heavy atom. The fourth-order valence-electron chi connectivity index (χ4n) is 3.25. The number of rotatable bonds is 6. The lowest BCUT2D eigenvalue weighted by Crippen LogP contribution is -2.11. The first-order valence-corrected chi connectivity index (χ1v) is 11.0. The van der Waals surface area contributed by atoms with Crippen molar-refractivity contribution >= 4 is 61.4 Å². The molecule has 4 nitrogen and oxygen atoms in total. The molecule has 0 spiro atoms. The number of thiophene rings is 1. The van der Waals surface area contributed by atoms with Crippen molar-refractivity contribution in [2.75, 3.05) is 11.9 Å². The maximum atomic E-state index is 12.9. The van der Waals surface area contributed by atoms with Gasteiger partial charge in [-0.1, -0.05) is 55.3 Å². The van der Waals surface area contributed by atoms with Crippen LogP contribution in [0.4, 0.5) is 5.69 Å². The van der Waals surface area contributed by atoms with Crippen LogP contribution in [0.1, 0.15) is 39.8 Å². The molecule has 0 bridgehead atoms. The predicted molar refractivity (Wildman–Crippen MR) is 124 cm³/mol. The lowest BCUT2D eigenvalue weighted by atomic mass is 10.1. The van der Waals surface area contributed by atoms with Crippen molar-refractivity contribution in [3.05, 3.63) is 76.1 Å². The van der Waals surface area contributed by atoms with Crippen LogP contribution in [-0.2, 0) is 4.74 Å². The number of hydrogen-bond acceptors (Lipinski definition) is 4. The number of ether oxygens (including phenoxy) is 1. The Morgan fingerprint density at radius 2 is 1.80 bits per heavy atom. The van der Waals surface area contributed by atoms with Crippen molar-refractivity contribution < 1.29 is 14.3 Å². The molecule has 1 N–H and O–H groups in total. The van der Waals surface area contributed by atoms with Gasteiger partial charge in [0.1, 0.15) is 4.88 Å². The number of halogens is 1. The van der Waals surface area contributed by atoms with E-state index >= 15 is 0 Å². The summed E-state index contributed by atoms with van der Waals surface area (Å²) in [5.74, 6) is -0.635. The molecule has 30 heavy (non-hydrogen) atoms. The van der Waals surface area contributed by atoms with E-state index in [0.717, 1.165) is 33.7 Å². The van der Waals surface area contributed by atoms with Crippen LogP contribution in [0.5, 0.6) is 0 Å². The molecule has 0 atom stereocenters. The zero-order chi connectivity index (χ0) is 21.1. The zero-order valence-corrected chi connectivity index (χ0v) is 18.0. The van der Waals surface area contributed by atoms with E-state index in [1.165, 1.54) is 11.3 Å². The molecule has 1 amide bonds. The van der Waals surface area contributed by atoms with Crippen LogP contribution in [0, 0.1) is 0 Å². The van der Waals surface area contributed by atoms with E-state index in [9.17, 15) is 9.59 Å². The van der Waals surface area contributed by atoms with E-state index in [4.69, 9.17) is 16.3 Å². The number of amides is 1. The molecule has 4 aromatic rings. The highest BCUT2D eigenvalue weighted by molar-refractivity contribution is 7.22. The minimum atomic E-state index is -0.360. The van der Waals surface area contributed by atoms with Gasteiger partial charge in [-0.15, -0.1) is 11.3 Å². The highest BCUT2D eigenvalue weighted by Gasteiger charge is 2.19. The topological polar surface area (TPSA) is 55.4 Å². The van der Waals surface area contributed by atoms with Crippen LogP contribution >= 0.6 is 22.9 Å². The number of benzene rings is 3. The van der Waals surface area contributed by atoms with E-state index in [0.29, 0.717) is 27.8 Å². The number of carbonyl (C=O) groups excluding carboxylic acids is 2. The first kappa shape index (κ1) is 20.4. The summed E-state index contributed by atoms with van der Waals surface area (Å²) < 4.78 is 6.17. The molecule has 1 heterocycles. The third kappa shape index (κ3) is 4.04. The third-order valence-corrected chi connectivity index (χ3v) is 6.48. The van der Waals surface area contributed by atoms with E-state index in [1.807, 2.05) is 43.3 Å². The van der Waals surface area contributed by atoms with Gasteiger partial charge in [-0.2, -0.15) is 0 Å². The summed E-state index contributed by atoms with van der Waals surface area (Å²) in [5, 5.41) is 6.33. The highest BCUT2D eigenvalue weighted by Crippen LogP contribution is 2.40. The van der Waals surface area contributed by atoms with E-state index in [1.54, 1.807) is 24.3 Å². The monoisotopic (exact) mass is 437 g/mol. The van der Waals surface area contributed by atoms with Gasteiger partial charge in [-0.05, 0) is 47.5 Å². The summed E-state index contributed by atoms with van der Waals surface area (Å²) in [6, 6.07) is 18.7. The van der Waals surface area contributed by atoms with Gasteiger partial charge in [0.05, 0.1) is 17.2 Å². The molecule has 0 aliphatic carbocycles. The molecule has 0 radical (unpaired) electrons. The second kappa shape index (κ2) is 8.86. The van der Waals surface area contributed by atoms with Gasteiger partial charge < -0.3 is 10.1 Å². The van der Waals surface area contributed by atoms with Crippen molar-refractivity contribution in [1.82, 2.24) is 0 Å². The average Bonchev–Trinajstić information content (AvgIpc) is 3.11. The van der Waals surface area contributed by atoms with Crippen LogP contribution < -0.4 is 5.32 Å². The Balaban J connectivity index is 1.54. The Kier molecular flexibility index (Phi) is 6.02. The molecule has 0 saturated carbocycles. The van der Waals surface area contributed by atoms with Gasteiger partial charge in [0.2, 0.25) is 0 Å². The first-order chi connectivity index (χ1) is 14.6. The van der Waals surface area contributed by atoms with Gasteiger partial charge in [-0.3, -0.25) is 4.79 Å². The number of unbranched alkanes of at least 4 members (excludes halogenated alkanes) is 1. The van der Waals surface area contributed by atoms with E-state index in [-0.39, 0.29) is 11.9 Å². The Labute approximate surface area is 183 Å². The van der Waals surface area contributed by atoms with Crippen LogP contribution in [0.2, 0.25) is 5.02 Å². The molecule has 1 aromatic heterocycles. The number of fused-ring (bicyclic) bond motifs is 3. The third-order valence-electron chi connectivity index (χ3n) is 4.84. The molecule has 4 rings (SSSR count). The molecule has 0 unspecified atom stereocenters. The predicted octanol–water partition coefficient (Wildman–Crippen LogP) is 6.92. The number of anilines is 1. The van der Waals surface area contributed by atoms with Gasteiger partial charge in [0.15, 0.2) is 0 Å². The summed E-state index contributed by atoms with van der Waals surface area (Å²) in [6.45, 7) is 2.45. The number of nitrogens with one attached hydrogen (secondary N) is 1. The molecular formula is C24H20ClNO3S. The summed E-state index contributed by atoms with van der Waals surface area (Å²) in [7, 11) is 0. The van der Waals surface area contributed by atoms with Gasteiger partial charge in [0.25, 0.3) is 5.91 Å². The zero-order valence-electron chi connectivity index (χ0n) is 16.4. The van der Waals surface area contributed by atoms with Gasteiger partial charge in [0, 0.05) is 15.8 Å². The van der Waals surface area contributed by atoms with Crippen molar-refractivity contribution in [1.29, 1.82) is 0 Å². The SMILES string of the molecule is CCCCOC(=O)c1ccc(NC(=O)c2sc3ccc4ccccc4c3c2Cl)cc1. The standard InChI is InChI=1S/C24H20ClNO3S/c1-2-3-14-29-24(28)16-8-11-17(12-9-16)26-23(27)22-21(25)20-18-7-5-4-6-15(18)10-13-19(20)30-22/h4-13H,2-3,14H2,1H3,(H,26,27). The second-order valence-electron chi connectivity index (χ2n) is 6.93. The summed E-state index contributed by atoms with van der Waals surface area (Å²) in [5.41, 5.74) is 1.04. The van der Waals surface area contributed by atoms with Gasteiger partial charge >= 0.3 is 5.97 Å². The van der Waals surface area contributed by atoms with E-state index in [2.05, 4.69) is 5.32 Å². The molecule has 6 heteroatoms. The molecule has 152 valence electrons. The van der Waals surface area contributed by atoms with Crippen LogP contribution in [0.3, 0.4) is 0 Å². The molecule has 0 aliphatic rings. The minimum absolute atomic E-state index is 0.274. The van der Waals surface area contributed by atoms with Crippen LogP contribution in [0.25, 0.3) is 20.9 Å². The second-order valence-corrected chi connectivity index (χ2v) is 8.36. The molecule has 0 saturated heterocycles. The van der Waals surface area contributed by atoms with E-state index < -0.39 is 0 Å². The van der Waals surface area contributed by atoms with Crippen molar-refractivity contribution in [3.8, 4) is 0 Å². The summed E-state index contributed by atoms with van der Waals surface area (Å²) in [4.78, 5) is 25.3. The molecule has 0 fully saturated rings. The highest BCUT2D eigenvalue weighted by atomic mass is 35.5. The molecular weight excluding hydrogens is 418 g/mol. The average molecular weight is 438 g/mol. The van der Waals surface area contributed by atoms with Crippen LogP contribution in [-0.4, -0.2) is 18.5 Å². The van der Waals surface area contributed by atoms with Crippen molar-refractivity contribution in [3.63, 3.8) is 0 Å². The smallest absolute Gasteiger partial charge is 0.338 e. The Hall–Kier alpha value is -2.89. The van der Waals surface area contributed by atoms with Gasteiger partial charge in [-0.25, -0.2) is 4.79 Å². The summed E-state index contributed by atoms with van der Waals surface area (Å²) >= 11 is 7.98. The van der Waals surface area contributed by atoms with Crippen molar-refractivity contribution in [2.45, 2.75) is 19.8 Å². The fourth-order valence-corrected chi connectivity index (χ4v) is 4.71. The first-order valence-electron chi connectivity index (χ1n) is 9.76.